The zero-order valence-electron chi connectivity index (χ0n) is 16.6. The fourth-order valence-electron chi connectivity index (χ4n) is 2.98. The summed E-state index contributed by atoms with van der Waals surface area (Å²) < 4.78 is 19.6. The van der Waals surface area contributed by atoms with Gasteiger partial charge in [0.15, 0.2) is 0 Å². The van der Waals surface area contributed by atoms with Crippen molar-refractivity contribution in [2.24, 2.45) is 5.73 Å². The zero-order chi connectivity index (χ0) is 20.0. The van der Waals surface area contributed by atoms with Gasteiger partial charge >= 0.3 is 0 Å². The van der Waals surface area contributed by atoms with Crippen LogP contribution < -0.4 is 15.1 Å². The fourth-order valence-corrected chi connectivity index (χ4v) is 4.01. The van der Waals surface area contributed by atoms with Crippen molar-refractivity contribution in [2.45, 2.75) is 51.0 Å². The Bertz CT molecular complexity index is 828. The van der Waals surface area contributed by atoms with E-state index >= 15 is 0 Å². The van der Waals surface area contributed by atoms with E-state index < -0.39 is 8.32 Å². The van der Waals surface area contributed by atoms with E-state index in [0.29, 0.717) is 5.84 Å². The smallest absolute Gasteiger partial charge is 0.250 e. The van der Waals surface area contributed by atoms with Gasteiger partial charge in [-0.3, -0.25) is 5.41 Å². The van der Waals surface area contributed by atoms with Crippen LogP contribution in [0, 0.1) is 11.2 Å². The molecule has 3 N–H and O–H groups in total. The van der Waals surface area contributed by atoms with E-state index in [0.717, 1.165) is 17.0 Å². The topological polar surface area (TPSA) is 62.3 Å². The first kappa shape index (κ1) is 19.6. The van der Waals surface area contributed by atoms with Crippen molar-refractivity contribution in [3.05, 3.63) is 59.9 Å². The van der Waals surface area contributed by atoms with Gasteiger partial charge in [0.2, 0.25) is 8.32 Å². The van der Waals surface area contributed by atoms with Crippen LogP contribution in [0.5, 0.6) is 5.75 Å². The summed E-state index contributed by atoms with van der Waals surface area (Å²) in [5.74, 6) is 0.911. The molecular formula is C21H28FN3OSi. The minimum absolute atomic E-state index is 0.134. The molecule has 2 unspecified atom stereocenters. The molecular weight excluding hydrogens is 357 g/mol. The molecule has 0 radical (unpaired) electrons. The van der Waals surface area contributed by atoms with E-state index in [-0.39, 0.29) is 22.9 Å². The molecule has 1 saturated heterocycles. The number of amidine groups is 1. The Labute approximate surface area is 161 Å². The number of hydrogen-bond donors (Lipinski definition) is 2. The Morgan fingerprint density at radius 1 is 1.04 bits per heavy atom. The maximum Gasteiger partial charge on any atom is 0.250 e. The van der Waals surface area contributed by atoms with Crippen LogP contribution in [0.3, 0.4) is 0 Å². The molecule has 0 saturated carbocycles. The second kappa shape index (κ2) is 6.76. The molecule has 0 bridgehead atoms. The SMILES string of the molecule is CC(C)(C)[Si](C)(C)Oc1ccc(C2C(N)C(=N)N2c2ccc(F)cc2)cc1. The molecule has 0 aromatic heterocycles. The zero-order valence-corrected chi connectivity index (χ0v) is 17.6. The minimum atomic E-state index is -1.89. The summed E-state index contributed by atoms with van der Waals surface area (Å²) in [4.78, 5) is 1.84. The maximum absolute atomic E-state index is 13.2. The van der Waals surface area contributed by atoms with Gasteiger partial charge in [-0.1, -0.05) is 32.9 Å². The number of hydrogen-bond acceptors (Lipinski definition) is 3. The van der Waals surface area contributed by atoms with E-state index in [1.807, 2.05) is 29.2 Å². The summed E-state index contributed by atoms with van der Waals surface area (Å²) in [5, 5.41) is 8.32. The van der Waals surface area contributed by atoms with E-state index in [1.54, 1.807) is 12.1 Å². The summed E-state index contributed by atoms with van der Waals surface area (Å²) in [6, 6.07) is 13.6. The van der Waals surface area contributed by atoms with Crippen molar-refractivity contribution in [1.82, 2.24) is 0 Å². The van der Waals surface area contributed by atoms with E-state index in [2.05, 4.69) is 33.9 Å². The Hall–Kier alpha value is -2.18. The van der Waals surface area contributed by atoms with Crippen molar-refractivity contribution >= 4 is 19.8 Å². The lowest BCUT2D eigenvalue weighted by Crippen LogP contribution is -2.63. The summed E-state index contributed by atoms with van der Waals surface area (Å²) in [6.07, 6.45) is 0. The third-order valence-corrected chi connectivity index (χ3v) is 10.1. The molecule has 1 aliphatic rings. The molecule has 2 atom stereocenters. The van der Waals surface area contributed by atoms with Gasteiger partial charge in [-0.2, -0.15) is 0 Å². The molecule has 1 heterocycles. The number of nitrogens with one attached hydrogen (secondary N) is 1. The predicted octanol–water partition coefficient (Wildman–Crippen LogP) is 5.08. The molecule has 0 amide bonds. The lowest BCUT2D eigenvalue weighted by molar-refractivity contribution is 0.491. The Balaban J connectivity index is 1.81. The van der Waals surface area contributed by atoms with Gasteiger partial charge in [0.25, 0.3) is 0 Å². The molecule has 2 aromatic rings. The van der Waals surface area contributed by atoms with Crippen molar-refractivity contribution in [2.75, 3.05) is 4.90 Å². The first-order valence-electron chi connectivity index (χ1n) is 9.19. The monoisotopic (exact) mass is 385 g/mol. The highest BCUT2D eigenvalue weighted by molar-refractivity contribution is 6.74. The van der Waals surface area contributed by atoms with Gasteiger partial charge in [-0.15, -0.1) is 0 Å². The molecule has 4 nitrogen and oxygen atoms in total. The summed E-state index contributed by atoms with van der Waals surface area (Å²) >= 11 is 0. The molecule has 144 valence electrons. The van der Waals surface area contributed by atoms with Crippen LogP contribution in [0.2, 0.25) is 18.1 Å². The van der Waals surface area contributed by atoms with Crippen molar-refractivity contribution in [3.63, 3.8) is 0 Å². The Morgan fingerprint density at radius 3 is 2.11 bits per heavy atom. The molecule has 27 heavy (non-hydrogen) atoms. The fraction of sp³-hybridized carbons (Fsp3) is 0.381. The molecule has 1 fully saturated rings. The van der Waals surface area contributed by atoms with Gasteiger partial charge in [-0.25, -0.2) is 4.39 Å². The van der Waals surface area contributed by atoms with Gasteiger partial charge in [0.05, 0.1) is 12.1 Å². The van der Waals surface area contributed by atoms with Crippen LogP contribution >= 0.6 is 0 Å². The molecule has 1 aliphatic heterocycles. The third-order valence-electron chi connectivity index (χ3n) is 5.70. The van der Waals surface area contributed by atoms with Crippen LogP contribution in [0.15, 0.2) is 48.5 Å². The highest BCUT2D eigenvalue weighted by atomic mass is 28.4. The van der Waals surface area contributed by atoms with Gasteiger partial charge in [0, 0.05) is 5.69 Å². The number of benzene rings is 2. The normalized spacial score (nSPS) is 20.4. The largest absolute Gasteiger partial charge is 0.544 e. The van der Waals surface area contributed by atoms with Crippen LogP contribution in [0.25, 0.3) is 0 Å². The highest BCUT2D eigenvalue weighted by Gasteiger charge is 2.44. The molecule has 0 spiro atoms. The maximum atomic E-state index is 13.2. The predicted molar refractivity (Wildman–Crippen MR) is 112 cm³/mol. The molecule has 0 aliphatic carbocycles. The van der Waals surface area contributed by atoms with Crippen molar-refractivity contribution < 1.29 is 8.82 Å². The number of halogens is 1. The van der Waals surface area contributed by atoms with Crippen molar-refractivity contribution in [3.8, 4) is 5.75 Å². The molecule has 6 heteroatoms. The molecule has 3 rings (SSSR count). The Kier molecular flexibility index (Phi) is 4.90. The van der Waals surface area contributed by atoms with Crippen LogP contribution in [0.4, 0.5) is 10.1 Å². The van der Waals surface area contributed by atoms with E-state index in [4.69, 9.17) is 15.6 Å². The van der Waals surface area contributed by atoms with Crippen molar-refractivity contribution in [1.29, 1.82) is 5.41 Å². The molecule has 2 aromatic carbocycles. The summed E-state index contributed by atoms with van der Waals surface area (Å²) in [5.41, 5.74) is 7.98. The first-order valence-corrected chi connectivity index (χ1v) is 12.1. The van der Waals surface area contributed by atoms with E-state index in [1.165, 1.54) is 12.1 Å². The average molecular weight is 386 g/mol. The van der Waals surface area contributed by atoms with Crippen LogP contribution in [-0.4, -0.2) is 20.2 Å². The number of nitrogens with zero attached hydrogens (tertiary/aromatic N) is 1. The summed E-state index contributed by atoms with van der Waals surface area (Å²) in [6.45, 7) is 11.1. The van der Waals surface area contributed by atoms with E-state index in [9.17, 15) is 4.39 Å². The lowest BCUT2D eigenvalue weighted by Gasteiger charge is -2.48. The number of anilines is 1. The second-order valence-corrected chi connectivity index (χ2v) is 13.4. The summed E-state index contributed by atoms with van der Waals surface area (Å²) in [7, 11) is -1.89. The third kappa shape index (κ3) is 3.64. The first-order chi connectivity index (χ1) is 12.5. The number of nitrogens with two attached hydrogens (primary N) is 1. The standard InChI is InChI=1S/C21H28FN3OSi/c1-21(2,3)27(4,5)26-17-12-6-14(7-13-17)19-18(23)20(24)25(19)16-10-8-15(22)9-11-16/h6-13,18-19,24H,23H2,1-5H3. The van der Waals surface area contributed by atoms with Crippen LogP contribution in [-0.2, 0) is 0 Å². The lowest BCUT2D eigenvalue weighted by atomic mass is 9.88. The van der Waals surface area contributed by atoms with Crippen LogP contribution in [0.1, 0.15) is 32.4 Å². The number of rotatable bonds is 4. The minimum Gasteiger partial charge on any atom is -0.544 e. The van der Waals surface area contributed by atoms with Gasteiger partial charge in [-0.05, 0) is 60.1 Å². The quantitative estimate of drug-likeness (QED) is 0.722. The highest BCUT2D eigenvalue weighted by Crippen LogP contribution is 2.40. The van der Waals surface area contributed by atoms with Gasteiger partial charge in [0.1, 0.15) is 17.4 Å². The van der Waals surface area contributed by atoms with Gasteiger partial charge < -0.3 is 15.1 Å². The Morgan fingerprint density at radius 2 is 1.59 bits per heavy atom. The average Bonchev–Trinajstić information content (AvgIpc) is 2.60. The second-order valence-electron chi connectivity index (χ2n) is 8.63.